The summed E-state index contributed by atoms with van der Waals surface area (Å²) in [7, 11) is 1.38. The molecule has 6 nitrogen and oxygen atoms in total. The standard InChI is InChI=1S/C19H17ClFN3O3/c1-11-8-12(2)24(23-11)17-7-5-14(20)18(22-17)19(25)27-10-13-4-6-16(26-3)15(21)9-13/h4-9H,10H2,1-3H3. The molecule has 0 aliphatic heterocycles. The van der Waals surface area contributed by atoms with Crippen LogP contribution < -0.4 is 4.74 Å². The SMILES string of the molecule is COc1ccc(COC(=O)c2nc(-n3nc(C)cc3C)ccc2Cl)cc1F. The van der Waals surface area contributed by atoms with Crippen molar-refractivity contribution in [1.82, 2.24) is 14.8 Å². The van der Waals surface area contributed by atoms with Crippen molar-refractivity contribution in [3.05, 3.63) is 69.9 Å². The molecule has 3 rings (SSSR count). The monoisotopic (exact) mass is 389 g/mol. The van der Waals surface area contributed by atoms with Gasteiger partial charge in [0.25, 0.3) is 0 Å². The van der Waals surface area contributed by atoms with Crippen LogP contribution in [0, 0.1) is 19.7 Å². The van der Waals surface area contributed by atoms with Crippen molar-refractivity contribution >= 4 is 17.6 Å². The van der Waals surface area contributed by atoms with Gasteiger partial charge in [0.2, 0.25) is 0 Å². The maximum Gasteiger partial charge on any atom is 0.358 e. The number of nitrogens with zero attached hydrogens (tertiary/aromatic N) is 3. The van der Waals surface area contributed by atoms with E-state index < -0.39 is 11.8 Å². The summed E-state index contributed by atoms with van der Waals surface area (Å²) in [5, 5.41) is 4.49. The van der Waals surface area contributed by atoms with E-state index in [0.29, 0.717) is 11.4 Å². The Kier molecular flexibility index (Phi) is 5.41. The zero-order valence-corrected chi connectivity index (χ0v) is 15.7. The lowest BCUT2D eigenvalue weighted by molar-refractivity contribution is 0.0465. The molecule has 2 heterocycles. The van der Waals surface area contributed by atoms with Crippen LogP contribution >= 0.6 is 11.6 Å². The van der Waals surface area contributed by atoms with Gasteiger partial charge in [-0.1, -0.05) is 17.7 Å². The van der Waals surface area contributed by atoms with Crippen LogP contribution in [-0.2, 0) is 11.3 Å². The molecule has 0 amide bonds. The van der Waals surface area contributed by atoms with Gasteiger partial charge in [-0.15, -0.1) is 0 Å². The molecule has 140 valence electrons. The van der Waals surface area contributed by atoms with E-state index in [1.54, 1.807) is 22.9 Å². The van der Waals surface area contributed by atoms with Gasteiger partial charge in [0, 0.05) is 5.69 Å². The summed E-state index contributed by atoms with van der Waals surface area (Å²) in [6.45, 7) is 3.62. The van der Waals surface area contributed by atoms with Gasteiger partial charge >= 0.3 is 5.97 Å². The summed E-state index contributed by atoms with van der Waals surface area (Å²) >= 11 is 6.10. The van der Waals surface area contributed by atoms with Crippen LogP contribution in [0.5, 0.6) is 5.75 Å². The Balaban J connectivity index is 1.79. The molecule has 0 atom stereocenters. The van der Waals surface area contributed by atoms with Crippen molar-refractivity contribution in [2.45, 2.75) is 20.5 Å². The molecule has 27 heavy (non-hydrogen) atoms. The first kappa shape index (κ1) is 18.8. The number of carbonyl (C=O) groups excluding carboxylic acids is 1. The molecule has 2 aromatic heterocycles. The number of esters is 1. The van der Waals surface area contributed by atoms with Gasteiger partial charge in [-0.3, -0.25) is 0 Å². The molecule has 0 saturated carbocycles. The summed E-state index contributed by atoms with van der Waals surface area (Å²) in [6.07, 6.45) is 0. The van der Waals surface area contributed by atoms with Crippen molar-refractivity contribution in [2.75, 3.05) is 7.11 Å². The zero-order chi connectivity index (χ0) is 19.6. The lowest BCUT2D eigenvalue weighted by Crippen LogP contribution is -2.11. The molecule has 0 bridgehead atoms. The Morgan fingerprint density at radius 3 is 2.63 bits per heavy atom. The normalized spacial score (nSPS) is 10.7. The molecule has 0 unspecified atom stereocenters. The van der Waals surface area contributed by atoms with E-state index in [0.717, 1.165) is 11.4 Å². The molecular formula is C19H17ClFN3O3. The van der Waals surface area contributed by atoms with Gasteiger partial charge in [0.05, 0.1) is 17.8 Å². The van der Waals surface area contributed by atoms with Crippen molar-refractivity contribution in [1.29, 1.82) is 0 Å². The van der Waals surface area contributed by atoms with E-state index in [4.69, 9.17) is 21.1 Å². The third-order valence-electron chi connectivity index (χ3n) is 3.84. The molecule has 0 N–H and O–H groups in total. The van der Waals surface area contributed by atoms with Crippen molar-refractivity contribution in [2.24, 2.45) is 0 Å². The minimum Gasteiger partial charge on any atom is -0.494 e. The van der Waals surface area contributed by atoms with Crippen molar-refractivity contribution in [3.63, 3.8) is 0 Å². The van der Waals surface area contributed by atoms with Gasteiger partial charge in [-0.25, -0.2) is 18.9 Å². The Morgan fingerprint density at radius 2 is 2.00 bits per heavy atom. The average Bonchev–Trinajstić information content (AvgIpc) is 2.98. The van der Waals surface area contributed by atoms with E-state index in [-0.39, 0.29) is 23.1 Å². The first-order chi connectivity index (χ1) is 12.9. The average molecular weight is 390 g/mol. The number of aryl methyl sites for hydroxylation is 2. The predicted molar refractivity (Wildman–Crippen MR) is 97.9 cm³/mol. The van der Waals surface area contributed by atoms with Crippen molar-refractivity contribution < 1.29 is 18.7 Å². The summed E-state index contributed by atoms with van der Waals surface area (Å²) < 4.78 is 25.4. The fourth-order valence-corrected chi connectivity index (χ4v) is 2.75. The van der Waals surface area contributed by atoms with Crippen LogP contribution in [0.1, 0.15) is 27.4 Å². The quantitative estimate of drug-likeness (QED) is 0.616. The van der Waals surface area contributed by atoms with Gasteiger partial charge in [0.15, 0.2) is 23.1 Å². The topological polar surface area (TPSA) is 66.2 Å². The minimum atomic E-state index is -0.709. The van der Waals surface area contributed by atoms with Crippen LogP contribution in [0.25, 0.3) is 5.82 Å². The highest BCUT2D eigenvalue weighted by atomic mass is 35.5. The number of carbonyl (C=O) groups is 1. The Hall–Kier alpha value is -2.93. The number of pyridine rings is 1. The van der Waals surface area contributed by atoms with Gasteiger partial charge in [0.1, 0.15) is 6.61 Å². The summed E-state index contributed by atoms with van der Waals surface area (Å²) in [5.74, 6) is -0.673. The smallest absolute Gasteiger partial charge is 0.358 e. The van der Waals surface area contributed by atoms with Gasteiger partial charge in [-0.05, 0) is 49.7 Å². The summed E-state index contributed by atoms with van der Waals surface area (Å²) in [6, 6.07) is 9.44. The maximum absolute atomic E-state index is 13.7. The molecule has 0 aliphatic carbocycles. The Bertz CT molecular complexity index is 1000. The molecule has 8 heteroatoms. The molecule has 0 saturated heterocycles. The number of hydrogen-bond donors (Lipinski definition) is 0. The molecule has 0 spiro atoms. The number of methoxy groups -OCH3 is 1. The number of benzene rings is 1. The zero-order valence-electron chi connectivity index (χ0n) is 15.0. The highest BCUT2D eigenvalue weighted by Crippen LogP contribution is 2.21. The van der Waals surface area contributed by atoms with Crippen LogP contribution in [0.4, 0.5) is 4.39 Å². The predicted octanol–water partition coefficient (Wildman–Crippen LogP) is 4.04. The van der Waals surface area contributed by atoms with Crippen LogP contribution in [-0.4, -0.2) is 27.8 Å². The third kappa shape index (κ3) is 4.09. The molecule has 0 radical (unpaired) electrons. The number of aromatic nitrogens is 3. The molecule has 3 aromatic rings. The van der Waals surface area contributed by atoms with Crippen molar-refractivity contribution in [3.8, 4) is 11.6 Å². The summed E-state index contributed by atoms with van der Waals surface area (Å²) in [4.78, 5) is 16.7. The van der Waals surface area contributed by atoms with Gasteiger partial charge in [-0.2, -0.15) is 5.10 Å². The van der Waals surface area contributed by atoms with Crippen LogP contribution in [0.3, 0.4) is 0 Å². The second-order valence-electron chi connectivity index (χ2n) is 5.88. The van der Waals surface area contributed by atoms with E-state index in [2.05, 4.69) is 10.1 Å². The molecule has 0 fully saturated rings. The van der Waals surface area contributed by atoms with Crippen LogP contribution in [0.15, 0.2) is 36.4 Å². The Morgan fingerprint density at radius 1 is 1.22 bits per heavy atom. The summed E-state index contributed by atoms with van der Waals surface area (Å²) in [5.41, 5.74) is 2.15. The number of hydrogen-bond acceptors (Lipinski definition) is 5. The first-order valence-corrected chi connectivity index (χ1v) is 8.46. The number of halogens is 2. The second kappa shape index (κ2) is 7.75. The molecule has 0 aliphatic rings. The fourth-order valence-electron chi connectivity index (χ4n) is 2.57. The van der Waals surface area contributed by atoms with E-state index in [9.17, 15) is 9.18 Å². The minimum absolute atomic E-state index is 0.0318. The second-order valence-corrected chi connectivity index (χ2v) is 6.29. The highest BCUT2D eigenvalue weighted by Gasteiger charge is 2.17. The highest BCUT2D eigenvalue weighted by molar-refractivity contribution is 6.33. The van der Waals surface area contributed by atoms with Gasteiger partial charge < -0.3 is 9.47 Å². The van der Waals surface area contributed by atoms with E-state index in [1.807, 2.05) is 19.9 Å². The lowest BCUT2D eigenvalue weighted by atomic mass is 10.2. The maximum atomic E-state index is 13.7. The number of ether oxygens (including phenoxy) is 2. The Labute approximate surface area is 160 Å². The van der Waals surface area contributed by atoms with Crippen LogP contribution in [0.2, 0.25) is 5.02 Å². The fraction of sp³-hybridized carbons (Fsp3) is 0.211. The van der Waals surface area contributed by atoms with E-state index in [1.165, 1.54) is 19.2 Å². The first-order valence-electron chi connectivity index (χ1n) is 8.08. The third-order valence-corrected chi connectivity index (χ3v) is 4.14. The lowest BCUT2D eigenvalue weighted by Gasteiger charge is -2.09. The molecular weight excluding hydrogens is 373 g/mol. The molecule has 1 aromatic carbocycles. The largest absolute Gasteiger partial charge is 0.494 e. The number of rotatable bonds is 5. The van der Waals surface area contributed by atoms with E-state index >= 15 is 0 Å².